The second-order valence-electron chi connectivity index (χ2n) is 5.52. The monoisotopic (exact) mass is 330 g/mol. The third kappa shape index (κ3) is 3.70. The van der Waals surface area contributed by atoms with Gasteiger partial charge < -0.3 is 10.1 Å². The van der Waals surface area contributed by atoms with E-state index < -0.39 is 17.7 Å². The number of benzene rings is 1. The lowest BCUT2D eigenvalue weighted by Crippen LogP contribution is -2.70. The third-order valence-corrected chi connectivity index (χ3v) is 3.81. The lowest BCUT2D eigenvalue weighted by Gasteiger charge is -2.49. The van der Waals surface area contributed by atoms with Crippen LogP contribution in [0.4, 0.5) is 18.9 Å². The van der Waals surface area contributed by atoms with Crippen molar-refractivity contribution in [3.63, 3.8) is 0 Å². The van der Waals surface area contributed by atoms with E-state index in [1.54, 1.807) is 24.3 Å². The topological polar surface area (TPSA) is 58.6 Å². The van der Waals surface area contributed by atoms with Crippen LogP contribution < -0.4 is 5.32 Å². The number of nitrogens with one attached hydrogen (secondary N) is 1. The van der Waals surface area contributed by atoms with Crippen molar-refractivity contribution in [3.05, 3.63) is 29.8 Å². The average molecular weight is 330 g/mol. The lowest BCUT2D eigenvalue weighted by atomic mass is 9.93. The highest BCUT2D eigenvalue weighted by molar-refractivity contribution is 5.96. The Morgan fingerprint density at radius 3 is 2.26 bits per heavy atom. The van der Waals surface area contributed by atoms with E-state index in [-0.39, 0.29) is 25.4 Å². The summed E-state index contributed by atoms with van der Waals surface area (Å²) in [5.41, 5.74) is -1.19. The minimum absolute atomic E-state index is 0.0912. The molecule has 0 saturated carbocycles. The normalized spacial score (nSPS) is 17.4. The van der Waals surface area contributed by atoms with E-state index in [1.165, 1.54) is 11.8 Å². The summed E-state index contributed by atoms with van der Waals surface area (Å²) in [5, 5.41) is 2.58. The lowest BCUT2D eigenvalue weighted by molar-refractivity contribution is -0.309. The molecule has 23 heavy (non-hydrogen) atoms. The Bertz CT molecular complexity index is 593. The van der Waals surface area contributed by atoms with Gasteiger partial charge in [0.25, 0.3) is 0 Å². The van der Waals surface area contributed by atoms with Crippen LogP contribution in [0.25, 0.3) is 0 Å². The van der Waals surface area contributed by atoms with Crippen molar-refractivity contribution in [2.75, 3.05) is 32.1 Å². The second-order valence-corrected chi connectivity index (χ2v) is 5.52. The van der Waals surface area contributed by atoms with Gasteiger partial charge in [0.2, 0.25) is 5.91 Å². The van der Waals surface area contributed by atoms with Crippen molar-refractivity contribution in [2.45, 2.75) is 18.7 Å². The molecule has 0 radical (unpaired) electrons. The molecule has 1 N–H and O–H groups in total. The van der Waals surface area contributed by atoms with Crippen LogP contribution in [0.3, 0.4) is 0 Å². The Balaban J connectivity index is 1.86. The van der Waals surface area contributed by atoms with Gasteiger partial charge in [-0.3, -0.25) is 14.5 Å². The number of hydrogen-bond acceptors (Lipinski definition) is 4. The zero-order chi connectivity index (χ0) is 17.3. The number of alkyl halides is 3. The number of carbonyl (C=O) groups excluding carboxylic acids is 2. The van der Waals surface area contributed by atoms with Gasteiger partial charge in [-0.05, 0) is 31.2 Å². The summed E-state index contributed by atoms with van der Waals surface area (Å²) in [7, 11) is 1.02. The van der Waals surface area contributed by atoms with Crippen LogP contribution >= 0.6 is 0 Å². The second kappa shape index (κ2) is 6.29. The minimum atomic E-state index is -4.46. The Labute approximate surface area is 131 Å². The number of carbonyl (C=O) groups is 2. The molecule has 1 aliphatic heterocycles. The first kappa shape index (κ1) is 17.4. The van der Waals surface area contributed by atoms with Gasteiger partial charge in [-0.15, -0.1) is 0 Å². The van der Waals surface area contributed by atoms with Crippen molar-refractivity contribution >= 4 is 17.4 Å². The number of Topliss-reactive ketones (excluding diaryl/α,β-unsaturated/α-hetero) is 1. The molecule has 0 aromatic heterocycles. The van der Waals surface area contributed by atoms with E-state index in [0.29, 0.717) is 11.3 Å². The van der Waals surface area contributed by atoms with Gasteiger partial charge in [-0.25, -0.2) is 0 Å². The molecule has 0 spiro atoms. The van der Waals surface area contributed by atoms with Crippen LogP contribution in [0.2, 0.25) is 0 Å². The maximum atomic E-state index is 12.8. The molecule has 0 aliphatic carbocycles. The predicted octanol–water partition coefficient (Wildman–Crippen LogP) is 2.09. The molecule has 8 heteroatoms. The molecule has 126 valence electrons. The molecule has 1 aromatic rings. The summed E-state index contributed by atoms with van der Waals surface area (Å²) < 4.78 is 43.1. The van der Waals surface area contributed by atoms with Crippen molar-refractivity contribution in [1.29, 1.82) is 0 Å². The fourth-order valence-electron chi connectivity index (χ4n) is 2.40. The zero-order valence-corrected chi connectivity index (χ0v) is 12.7. The van der Waals surface area contributed by atoms with Crippen LogP contribution in [0.15, 0.2) is 24.3 Å². The molecule has 0 bridgehead atoms. The summed E-state index contributed by atoms with van der Waals surface area (Å²) in [6, 6.07) is 6.28. The standard InChI is InChI=1S/C15H17F3N2O3/c1-10(21)11-3-5-12(6-4-11)19-13(22)7-20-8-14(9-20,23-2)15(16,17)18/h3-6H,7-9H2,1-2H3,(H,19,22). The SMILES string of the molecule is COC1(C(F)(F)F)CN(CC(=O)Nc2ccc(C(C)=O)cc2)C1. The summed E-state index contributed by atoms with van der Waals surface area (Å²) in [6.07, 6.45) is -4.46. The van der Waals surface area contributed by atoms with Crippen LogP contribution in [0.1, 0.15) is 17.3 Å². The molecule has 1 aliphatic rings. The van der Waals surface area contributed by atoms with Crippen LogP contribution in [0.5, 0.6) is 0 Å². The summed E-state index contributed by atoms with van der Waals surface area (Å²) in [6.45, 7) is 0.531. The highest BCUT2D eigenvalue weighted by atomic mass is 19.4. The van der Waals surface area contributed by atoms with Gasteiger partial charge in [-0.2, -0.15) is 13.2 Å². The number of ether oxygens (including phenoxy) is 1. The quantitative estimate of drug-likeness (QED) is 0.840. The van der Waals surface area contributed by atoms with Gasteiger partial charge in [0.05, 0.1) is 6.54 Å². The molecule has 1 aromatic carbocycles. The van der Waals surface area contributed by atoms with Crippen LogP contribution in [0, 0.1) is 0 Å². The van der Waals surface area contributed by atoms with E-state index >= 15 is 0 Å². The molecule has 1 fully saturated rings. The third-order valence-electron chi connectivity index (χ3n) is 3.81. The number of halogens is 3. The molecule has 1 heterocycles. The number of likely N-dealkylation sites (tertiary alicyclic amines) is 1. The average Bonchev–Trinajstić information content (AvgIpc) is 2.41. The first-order chi connectivity index (χ1) is 10.7. The van der Waals surface area contributed by atoms with Crippen molar-refractivity contribution in [2.24, 2.45) is 0 Å². The highest BCUT2D eigenvalue weighted by Crippen LogP contribution is 2.40. The summed E-state index contributed by atoms with van der Waals surface area (Å²) in [5.74, 6) is -0.515. The van der Waals surface area contributed by atoms with E-state index in [0.717, 1.165) is 7.11 Å². The number of anilines is 1. The van der Waals surface area contributed by atoms with Gasteiger partial charge >= 0.3 is 6.18 Å². The largest absolute Gasteiger partial charge is 0.419 e. The van der Waals surface area contributed by atoms with E-state index in [9.17, 15) is 22.8 Å². The molecule has 1 saturated heterocycles. The van der Waals surface area contributed by atoms with Crippen LogP contribution in [-0.2, 0) is 9.53 Å². The fraction of sp³-hybridized carbons (Fsp3) is 0.467. The number of rotatable bonds is 5. The molecule has 5 nitrogen and oxygen atoms in total. The van der Waals surface area contributed by atoms with Crippen molar-refractivity contribution < 1.29 is 27.5 Å². The Kier molecular flexibility index (Phi) is 4.76. The Morgan fingerprint density at radius 2 is 1.83 bits per heavy atom. The van der Waals surface area contributed by atoms with Gasteiger partial charge in [0.1, 0.15) is 0 Å². The van der Waals surface area contributed by atoms with Crippen molar-refractivity contribution in [1.82, 2.24) is 4.90 Å². The number of ketones is 1. The maximum absolute atomic E-state index is 12.8. The number of methoxy groups -OCH3 is 1. The van der Waals surface area contributed by atoms with E-state index in [1.807, 2.05) is 0 Å². The zero-order valence-electron chi connectivity index (χ0n) is 12.7. The van der Waals surface area contributed by atoms with Gasteiger partial charge in [0.15, 0.2) is 11.4 Å². The number of amides is 1. The highest BCUT2D eigenvalue weighted by Gasteiger charge is 2.62. The molecular weight excluding hydrogens is 313 g/mol. The first-order valence-corrected chi connectivity index (χ1v) is 6.92. The van der Waals surface area contributed by atoms with Crippen LogP contribution in [-0.4, -0.2) is 55.1 Å². The number of nitrogens with zero attached hydrogens (tertiary/aromatic N) is 1. The maximum Gasteiger partial charge on any atom is 0.419 e. The first-order valence-electron chi connectivity index (χ1n) is 6.92. The van der Waals surface area contributed by atoms with Crippen molar-refractivity contribution in [3.8, 4) is 0 Å². The molecular formula is C15H17F3N2O3. The van der Waals surface area contributed by atoms with Gasteiger partial charge in [0, 0.05) is 31.5 Å². The number of hydrogen-bond donors (Lipinski definition) is 1. The molecule has 1 amide bonds. The van der Waals surface area contributed by atoms with Gasteiger partial charge in [-0.1, -0.05) is 0 Å². The van der Waals surface area contributed by atoms with E-state index in [4.69, 9.17) is 0 Å². The smallest absolute Gasteiger partial charge is 0.366 e. The predicted molar refractivity (Wildman–Crippen MR) is 77.3 cm³/mol. The molecule has 0 unspecified atom stereocenters. The van der Waals surface area contributed by atoms with E-state index in [2.05, 4.69) is 10.1 Å². The Morgan fingerprint density at radius 1 is 1.26 bits per heavy atom. The fourth-order valence-corrected chi connectivity index (χ4v) is 2.40. The molecule has 2 rings (SSSR count). The summed E-state index contributed by atoms with van der Waals surface area (Å²) >= 11 is 0. The molecule has 0 atom stereocenters. The Hall–Kier alpha value is -1.93. The minimum Gasteiger partial charge on any atom is -0.366 e. The summed E-state index contributed by atoms with van der Waals surface area (Å²) in [4.78, 5) is 24.3.